The molecule has 3 aliphatic carbocycles. The van der Waals surface area contributed by atoms with Crippen LogP contribution >= 0.6 is 0 Å². The van der Waals surface area contributed by atoms with Gasteiger partial charge in [-0.2, -0.15) is 0 Å². The topological polar surface area (TPSA) is 61.8 Å². The third kappa shape index (κ3) is 2.08. The number of allylic oxidation sites excluding steroid dienone is 1. The molecular formula is C24H28O5. The van der Waals surface area contributed by atoms with Crippen LogP contribution in [0.1, 0.15) is 50.9 Å². The lowest BCUT2D eigenvalue weighted by atomic mass is 9.45. The van der Waals surface area contributed by atoms with Gasteiger partial charge in [-0.3, -0.25) is 9.59 Å². The Labute approximate surface area is 171 Å². The van der Waals surface area contributed by atoms with Gasteiger partial charge in [-0.25, -0.2) is 0 Å². The van der Waals surface area contributed by atoms with Crippen LogP contribution in [-0.4, -0.2) is 41.6 Å². The highest BCUT2D eigenvalue weighted by Crippen LogP contribution is 2.69. The summed E-state index contributed by atoms with van der Waals surface area (Å²) in [5.41, 5.74) is -1.13. The summed E-state index contributed by atoms with van der Waals surface area (Å²) >= 11 is 0. The van der Waals surface area contributed by atoms with E-state index in [1.54, 1.807) is 13.2 Å². The second-order valence-corrected chi connectivity index (χ2v) is 9.71. The number of Topliss-reactive ketones (excluding diaryl/α,β-unsaturated/α-hetero) is 2. The summed E-state index contributed by atoms with van der Waals surface area (Å²) in [7, 11) is 1.59. The number of fused-ring (bicyclic) bond motifs is 1. The van der Waals surface area contributed by atoms with Crippen LogP contribution in [0, 0.1) is 17.8 Å². The van der Waals surface area contributed by atoms with Gasteiger partial charge < -0.3 is 14.2 Å². The van der Waals surface area contributed by atoms with Crippen molar-refractivity contribution in [3.05, 3.63) is 41.5 Å². The first-order chi connectivity index (χ1) is 13.7. The van der Waals surface area contributed by atoms with Crippen molar-refractivity contribution < 1.29 is 23.8 Å². The molecule has 1 aromatic carbocycles. The first-order valence-corrected chi connectivity index (χ1v) is 10.4. The second kappa shape index (κ2) is 5.79. The van der Waals surface area contributed by atoms with Crippen LogP contribution in [0.2, 0.25) is 0 Å². The highest BCUT2D eigenvalue weighted by molar-refractivity contribution is 6.07. The van der Waals surface area contributed by atoms with E-state index in [0.717, 1.165) is 5.57 Å². The second-order valence-electron chi connectivity index (χ2n) is 9.71. The standard InChI is InChI=1S/C24H28O5/c1-13(2)10-11-23-21(26)15-12-17(22(3,4)29-23)24(23)18(20(15)27-5)19(25)14-8-6-7-9-16(14)28-24/h6-10,15,17-18,20H,11-12H2,1-5H3/t15?,17?,18-,20+,23?,24?/m1/s1. The predicted molar refractivity (Wildman–Crippen MR) is 107 cm³/mol. The molecule has 0 amide bonds. The summed E-state index contributed by atoms with van der Waals surface area (Å²) in [6.45, 7) is 8.07. The molecule has 29 heavy (non-hydrogen) atoms. The molecule has 2 heterocycles. The Morgan fingerprint density at radius 3 is 2.66 bits per heavy atom. The molecule has 0 radical (unpaired) electrons. The van der Waals surface area contributed by atoms with Gasteiger partial charge in [-0.05, 0) is 46.2 Å². The van der Waals surface area contributed by atoms with Crippen LogP contribution in [0.25, 0.3) is 0 Å². The zero-order chi connectivity index (χ0) is 20.8. The average molecular weight is 396 g/mol. The smallest absolute Gasteiger partial charge is 0.176 e. The summed E-state index contributed by atoms with van der Waals surface area (Å²) in [5, 5.41) is 0. The predicted octanol–water partition coefficient (Wildman–Crippen LogP) is 3.75. The summed E-state index contributed by atoms with van der Waals surface area (Å²) in [6.07, 6.45) is 2.58. The monoisotopic (exact) mass is 396 g/mol. The van der Waals surface area contributed by atoms with Gasteiger partial charge in [0.1, 0.15) is 5.75 Å². The van der Waals surface area contributed by atoms with Crippen molar-refractivity contribution in [1.29, 1.82) is 0 Å². The number of carbonyl (C=O) groups excluding carboxylic acids is 2. The Bertz CT molecular complexity index is 942. The van der Waals surface area contributed by atoms with Crippen LogP contribution < -0.4 is 4.74 Å². The molecule has 4 bridgehead atoms. The summed E-state index contributed by atoms with van der Waals surface area (Å²) in [6, 6.07) is 7.34. The normalized spacial score (nSPS) is 40.9. The van der Waals surface area contributed by atoms with E-state index in [0.29, 0.717) is 24.2 Å². The van der Waals surface area contributed by atoms with Crippen LogP contribution in [0.15, 0.2) is 35.9 Å². The zero-order valence-corrected chi connectivity index (χ0v) is 17.7. The zero-order valence-electron chi connectivity index (χ0n) is 17.7. The molecule has 1 aromatic rings. The highest BCUT2D eigenvalue weighted by Gasteiger charge is 2.85. The van der Waals surface area contributed by atoms with Gasteiger partial charge in [0.15, 0.2) is 22.8 Å². The van der Waals surface area contributed by atoms with Crippen molar-refractivity contribution in [3.63, 3.8) is 0 Å². The van der Waals surface area contributed by atoms with Crippen molar-refractivity contribution in [3.8, 4) is 5.75 Å². The van der Waals surface area contributed by atoms with Crippen molar-refractivity contribution in [2.45, 2.75) is 63.4 Å². The summed E-state index contributed by atoms with van der Waals surface area (Å²) < 4.78 is 19.2. The molecule has 1 saturated heterocycles. The number of carbonyl (C=O) groups is 2. The van der Waals surface area contributed by atoms with Crippen molar-refractivity contribution in [1.82, 2.24) is 0 Å². The van der Waals surface area contributed by atoms with E-state index >= 15 is 0 Å². The van der Waals surface area contributed by atoms with Crippen LogP contribution in [0.3, 0.4) is 0 Å². The summed E-state index contributed by atoms with van der Waals surface area (Å²) in [5.74, 6) is -0.421. The number of para-hydroxylation sites is 1. The first-order valence-electron chi connectivity index (χ1n) is 10.4. The quantitative estimate of drug-likeness (QED) is 0.728. The van der Waals surface area contributed by atoms with Gasteiger partial charge >= 0.3 is 0 Å². The molecule has 5 nitrogen and oxygen atoms in total. The van der Waals surface area contributed by atoms with Gasteiger partial charge in [0, 0.05) is 25.4 Å². The van der Waals surface area contributed by atoms with Crippen molar-refractivity contribution in [2.75, 3.05) is 7.11 Å². The van der Waals surface area contributed by atoms with Gasteiger partial charge in [0.2, 0.25) is 0 Å². The minimum absolute atomic E-state index is 0.00350. The molecule has 0 N–H and O–H groups in total. The Morgan fingerprint density at radius 1 is 1.24 bits per heavy atom. The Morgan fingerprint density at radius 2 is 1.97 bits per heavy atom. The largest absolute Gasteiger partial charge is 0.482 e. The van der Waals surface area contributed by atoms with Crippen LogP contribution in [0.4, 0.5) is 0 Å². The Hall–Kier alpha value is -1.98. The fourth-order valence-electron chi connectivity index (χ4n) is 6.61. The minimum atomic E-state index is -1.18. The number of benzene rings is 1. The van der Waals surface area contributed by atoms with E-state index in [4.69, 9.17) is 14.2 Å². The Kier molecular flexibility index (Phi) is 3.80. The maximum atomic E-state index is 13.9. The van der Waals surface area contributed by atoms with Gasteiger partial charge in [-0.15, -0.1) is 0 Å². The third-order valence-corrected chi connectivity index (χ3v) is 7.62. The molecule has 5 heteroatoms. The van der Waals surface area contributed by atoms with Crippen LogP contribution in [0.5, 0.6) is 5.75 Å². The van der Waals surface area contributed by atoms with Crippen molar-refractivity contribution >= 4 is 11.6 Å². The Balaban J connectivity index is 1.81. The molecule has 2 aliphatic heterocycles. The van der Waals surface area contributed by atoms with E-state index in [1.165, 1.54) is 0 Å². The van der Waals surface area contributed by atoms with Crippen molar-refractivity contribution in [2.24, 2.45) is 17.8 Å². The molecule has 4 fully saturated rings. The average Bonchev–Trinajstić information content (AvgIpc) is 2.82. The fourth-order valence-corrected chi connectivity index (χ4v) is 6.61. The maximum absolute atomic E-state index is 13.9. The van der Waals surface area contributed by atoms with E-state index in [-0.39, 0.29) is 23.4 Å². The summed E-state index contributed by atoms with van der Waals surface area (Å²) in [4.78, 5) is 27.7. The molecule has 6 atom stereocenters. The molecule has 154 valence electrons. The van der Waals surface area contributed by atoms with Gasteiger partial charge in [-0.1, -0.05) is 23.8 Å². The lowest BCUT2D eigenvalue weighted by molar-refractivity contribution is -0.223. The van der Waals surface area contributed by atoms with E-state index in [9.17, 15) is 9.59 Å². The maximum Gasteiger partial charge on any atom is 0.176 e. The fraction of sp³-hybridized carbons (Fsp3) is 0.583. The first kappa shape index (κ1) is 19.0. The SMILES string of the molecule is CO[C@H]1C2CC3C(C)(C)OC(CC=C(C)C)(C2=O)C32Oc3ccccc3C(=O)[C@H]12. The highest BCUT2D eigenvalue weighted by atomic mass is 16.6. The number of methoxy groups -OCH3 is 1. The number of hydrogen-bond acceptors (Lipinski definition) is 5. The molecule has 5 aliphatic rings. The van der Waals surface area contributed by atoms with Gasteiger partial charge in [0.05, 0.1) is 23.2 Å². The van der Waals surface area contributed by atoms with E-state index in [1.807, 2.05) is 52.0 Å². The van der Waals surface area contributed by atoms with E-state index < -0.39 is 28.8 Å². The molecule has 6 rings (SSSR count). The van der Waals surface area contributed by atoms with Gasteiger partial charge in [0.25, 0.3) is 0 Å². The molecule has 0 aromatic heterocycles. The lowest BCUT2D eigenvalue weighted by Gasteiger charge is -2.62. The number of hydrogen-bond donors (Lipinski definition) is 0. The molecule has 1 spiro atoms. The van der Waals surface area contributed by atoms with E-state index in [2.05, 4.69) is 0 Å². The number of ether oxygens (including phenoxy) is 3. The molecule has 3 saturated carbocycles. The number of ketones is 2. The molecular weight excluding hydrogens is 368 g/mol. The van der Waals surface area contributed by atoms with Crippen LogP contribution in [-0.2, 0) is 14.3 Å². The minimum Gasteiger partial charge on any atom is -0.482 e. The number of rotatable bonds is 3. The third-order valence-electron chi connectivity index (χ3n) is 7.62. The lowest BCUT2D eigenvalue weighted by Crippen LogP contribution is -2.80. The molecule has 4 unspecified atom stereocenters.